The van der Waals surface area contributed by atoms with Crippen LogP contribution in [-0.4, -0.2) is 66.9 Å². The van der Waals surface area contributed by atoms with E-state index in [1.807, 2.05) is 0 Å². The molecule has 0 aromatic carbocycles. The second kappa shape index (κ2) is 10.7. The number of carbonyl (C=O) groups excluding carboxylic acids is 4. The van der Waals surface area contributed by atoms with Gasteiger partial charge in [-0.2, -0.15) is 0 Å². The van der Waals surface area contributed by atoms with Crippen molar-refractivity contribution in [1.29, 1.82) is 0 Å². The van der Waals surface area contributed by atoms with Crippen molar-refractivity contribution in [2.75, 3.05) is 23.0 Å². The normalized spacial score (nSPS) is 10.5. The molecule has 0 aliphatic rings. The summed E-state index contributed by atoms with van der Waals surface area (Å²) in [6, 6.07) is 0. The second-order valence-electron chi connectivity index (χ2n) is 3.03. The molecule has 0 aliphatic heterocycles. The van der Waals surface area contributed by atoms with Crippen LogP contribution in [0.1, 0.15) is 0 Å². The molecule has 0 saturated carbocycles. The first-order valence-corrected chi connectivity index (χ1v) is 12.3. The molecule has 0 atom stereocenters. The van der Waals surface area contributed by atoms with Crippen molar-refractivity contribution in [1.82, 2.24) is 0 Å². The van der Waals surface area contributed by atoms with Gasteiger partial charge in [-0.15, -0.1) is 0 Å². The molecule has 21 heavy (non-hydrogen) atoms. The van der Waals surface area contributed by atoms with E-state index in [-0.39, 0.29) is 0 Å². The number of hydrogen-bond acceptors (Lipinski definition) is 12. The summed E-state index contributed by atoms with van der Waals surface area (Å²) >= 11 is 9.03. The molecule has 0 aromatic rings. The molecule has 0 saturated heterocycles. The third-order valence-corrected chi connectivity index (χ3v) is 7.96. The number of hydrogen-bond donors (Lipinski definition) is 4. The zero-order valence-corrected chi connectivity index (χ0v) is 16.8. The van der Waals surface area contributed by atoms with Crippen molar-refractivity contribution in [3.63, 3.8) is 0 Å². The van der Waals surface area contributed by atoms with E-state index in [9.17, 15) is 19.2 Å². The maximum absolute atomic E-state index is 11.4. The Morgan fingerprint density at radius 3 is 0.905 bits per heavy atom. The summed E-state index contributed by atoms with van der Waals surface area (Å²) in [4.78, 5) is 45.4. The third-order valence-electron chi connectivity index (χ3n) is 1.47. The van der Waals surface area contributed by atoms with Crippen LogP contribution in [0.25, 0.3) is 0 Å². The van der Waals surface area contributed by atoms with Crippen molar-refractivity contribution >= 4 is 94.4 Å². The standard InChI is InChI=1S/4C2H4O2S.Sn/c4*3-2(4)1-5;/h4*5H,1H2,(H,3,4);/q;;;;+4/p-4. The Morgan fingerprint density at radius 1 is 0.571 bits per heavy atom. The van der Waals surface area contributed by atoms with E-state index in [1.165, 1.54) is 0 Å². The SMILES string of the molecule is O=C(CS)[O][Sn]([O]C(=O)CS)([O]C(=O)CS)[O]C(=O)CS. The minimum atomic E-state index is -5.61. The molecule has 0 amide bonds. The van der Waals surface area contributed by atoms with Gasteiger partial charge in [0.15, 0.2) is 0 Å². The fourth-order valence-corrected chi connectivity index (χ4v) is 7.18. The van der Waals surface area contributed by atoms with Gasteiger partial charge in [0, 0.05) is 0 Å². The van der Waals surface area contributed by atoms with Crippen LogP contribution in [0.4, 0.5) is 0 Å². The molecular weight excluding hydrogens is 471 g/mol. The molecule has 120 valence electrons. The molecule has 0 aromatic heterocycles. The van der Waals surface area contributed by atoms with E-state index in [0.29, 0.717) is 0 Å². The third kappa shape index (κ3) is 8.32. The molecular formula is C8H12O8S4Sn. The topological polar surface area (TPSA) is 105 Å². The van der Waals surface area contributed by atoms with Gasteiger partial charge in [0.25, 0.3) is 0 Å². The van der Waals surface area contributed by atoms with E-state index in [0.717, 1.165) is 0 Å². The van der Waals surface area contributed by atoms with Crippen molar-refractivity contribution < 1.29 is 31.5 Å². The van der Waals surface area contributed by atoms with Crippen LogP contribution in [0, 0.1) is 0 Å². The number of thiol groups is 4. The number of carbonyl (C=O) groups is 4. The monoisotopic (exact) mass is 484 g/mol. The zero-order chi connectivity index (χ0) is 16.5. The van der Waals surface area contributed by atoms with Crippen molar-refractivity contribution in [3.8, 4) is 0 Å². The second-order valence-corrected chi connectivity index (χ2v) is 9.48. The van der Waals surface area contributed by atoms with E-state index >= 15 is 0 Å². The van der Waals surface area contributed by atoms with Crippen LogP contribution in [0.3, 0.4) is 0 Å². The molecule has 0 radical (unpaired) electrons. The summed E-state index contributed by atoms with van der Waals surface area (Å²) in [6.45, 7) is 0. The molecule has 13 heteroatoms. The Bertz CT molecular complexity index is 340. The van der Waals surface area contributed by atoms with Crippen LogP contribution in [0.15, 0.2) is 0 Å². The Hall–Kier alpha value is 0.0787. The molecule has 0 fully saturated rings. The average molecular weight is 483 g/mol. The van der Waals surface area contributed by atoms with E-state index in [4.69, 9.17) is 12.3 Å². The van der Waals surface area contributed by atoms with Gasteiger partial charge >= 0.3 is 149 Å². The van der Waals surface area contributed by atoms with Gasteiger partial charge in [0.2, 0.25) is 0 Å². The first kappa shape index (κ1) is 21.1. The Kier molecular flexibility index (Phi) is 10.8. The summed E-state index contributed by atoms with van der Waals surface area (Å²) in [7, 11) is 0. The van der Waals surface area contributed by atoms with Gasteiger partial charge in [-0.3, -0.25) is 0 Å². The molecule has 0 unspecified atom stereocenters. The van der Waals surface area contributed by atoms with E-state index in [1.54, 1.807) is 0 Å². The molecule has 0 spiro atoms. The fourth-order valence-electron chi connectivity index (χ4n) is 0.812. The average Bonchev–Trinajstić information content (AvgIpc) is 2.46. The summed E-state index contributed by atoms with van der Waals surface area (Å²) in [6.07, 6.45) is 0. The van der Waals surface area contributed by atoms with Gasteiger partial charge in [-0.25, -0.2) is 0 Å². The van der Waals surface area contributed by atoms with Crippen LogP contribution in [0.2, 0.25) is 0 Å². The molecule has 8 nitrogen and oxygen atoms in total. The Morgan fingerprint density at radius 2 is 0.762 bits per heavy atom. The minimum absolute atomic E-state index is 0.409. The molecule has 0 N–H and O–H groups in total. The maximum atomic E-state index is 11.4. The molecule has 0 aliphatic carbocycles. The summed E-state index contributed by atoms with van der Waals surface area (Å²) < 4.78 is 19.1. The predicted molar refractivity (Wildman–Crippen MR) is 85.5 cm³/mol. The van der Waals surface area contributed by atoms with Crippen LogP contribution >= 0.6 is 50.5 Å². The number of rotatable bonds is 8. The molecule has 0 rings (SSSR count). The van der Waals surface area contributed by atoms with Crippen LogP contribution < -0.4 is 0 Å². The van der Waals surface area contributed by atoms with E-state index < -0.39 is 66.9 Å². The van der Waals surface area contributed by atoms with E-state index in [2.05, 4.69) is 50.5 Å². The van der Waals surface area contributed by atoms with Gasteiger partial charge in [0.05, 0.1) is 0 Å². The fraction of sp³-hybridized carbons (Fsp3) is 0.500. The Balaban J connectivity index is 5.43. The van der Waals surface area contributed by atoms with Gasteiger partial charge in [-0.05, 0) is 0 Å². The predicted octanol–water partition coefficient (Wildman–Crippen LogP) is -0.686. The summed E-state index contributed by atoms with van der Waals surface area (Å²) in [5.41, 5.74) is 0. The summed E-state index contributed by atoms with van der Waals surface area (Å²) in [5.74, 6) is -5.58. The van der Waals surface area contributed by atoms with Gasteiger partial charge in [-0.1, -0.05) is 0 Å². The van der Waals surface area contributed by atoms with Gasteiger partial charge in [0.1, 0.15) is 0 Å². The zero-order valence-electron chi connectivity index (χ0n) is 10.4. The molecule has 0 heterocycles. The first-order chi connectivity index (χ1) is 9.82. The van der Waals surface area contributed by atoms with Crippen molar-refractivity contribution in [2.45, 2.75) is 0 Å². The first-order valence-electron chi connectivity index (χ1n) is 5.13. The van der Waals surface area contributed by atoms with Crippen LogP contribution in [-0.2, 0) is 31.5 Å². The van der Waals surface area contributed by atoms with Crippen molar-refractivity contribution in [2.24, 2.45) is 0 Å². The Labute approximate surface area is 148 Å². The van der Waals surface area contributed by atoms with Crippen LogP contribution in [0.5, 0.6) is 0 Å². The van der Waals surface area contributed by atoms with Crippen molar-refractivity contribution in [3.05, 3.63) is 0 Å². The van der Waals surface area contributed by atoms with Gasteiger partial charge < -0.3 is 0 Å². The quantitative estimate of drug-likeness (QED) is 0.266. The molecule has 0 bridgehead atoms. The summed E-state index contributed by atoms with van der Waals surface area (Å²) in [5, 5.41) is 0.